The number of allylic oxidation sites excluding steroid dienone is 11. The number of aliphatic hydroxyl groups is 5. The van der Waals surface area contributed by atoms with E-state index in [1.54, 1.807) is 6.08 Å². The highest BCUT2D eigenvalue weighted by Gasteiger charge is 2.47. The molecule has 1 fully saturated rings. The van der Waals surface area contributed by atoms with Gasteiger partial charge in [0.15, 0.2) is 12.4 Å². The number of hydrogen-bond acceptors (Lipinski definition) is 10. The number of rotatable bonds is 58. The number of nitrogens with one attached hydrogen (secondary N) is 1. The first-order chi connectivity index (χ1) is 40.2. The minimum atomic E-state index is -1.63. The fourth-order valence-corrected chi connectivity index (χ4v) is 10.6. The van der Waals surface area contributed by atoms with E-state index in [2.05, 4.69) is 38.2 Å². The molecule has 0 spiro atoms. The van der Waals surface area contributed by atoms with Gasteiger partial charge in [-0.05, 0) is 44.9 Å². The first-order valence-corrected chi connectivity index (χ1v) is 34.3. The van der Waals surface area contributed by atoms with Gasteiger partial charge in [0.1, 0.15) is 24.4 Å². The summed E-state index contributed by atoms with van der Waals surface area (Å²) >= 11 is 0. The van der Waals surface area contributed by atoms with Gasteiger partial charge in [-0.1, -0.05) is 325 Å². The zero-order chi connectivity index (χ0) is 59.6. The number of unbranched alkanes of at least 4 members (excludes halogenated alkanes) is 38. The molecule has 0 bridgehead atoms. The summed E-state index contributed by atoms with van der Waals surface area (Å²) in [5.41, 5.74) is 0. The molecular weight excluding hydrogens is 1030 g/mol. The average molecular weight is 1150 g/mol. The Balaban J connectivity index is 2.57. The summed E-state index contributed by atoms with van der Waals surface area (Å²) in [7, 11) is 0. The molecule has 0 aromatic heterocycles. The fourth-order valence-electron chi connectivity index (χ4n) is 10.6. The van der Waals surface area contributed by atoms with Crippen molar-refractivity contribution < 1.29 is 49.3 Å². The van der Waals surface area contributed by atoms with Crippen LogP contribution >= 0.6 is 0 Å². The zero-order valence-corrected chi connectivity index (χ0v) is 52.9. The van der Waals surface area contributed by atoms with Crippen molar-refractivity contribution in [3.8, 4) is 0 Å². The van der Waals surface area contributed by atoms with Gasteiger partial charge >= 0.3 is 5.97 Å². The molecule has 1 aliphatic heterocycles. The quantitative estimate of drug-likeness (QED) is 0.0149. The van der Waals surface area contributed by atoms with Crippen LogP contribution in [0.4, 0.5) is 0 Å². The SMILES string of the molecule is CC/C=C/C=C/C=C\C=C/C=C/CCCCCC(=O)OC1C(OCC(NC(=O)C(O)CCCCCCCCCCCCCCCCCCCCCCCCCCCC)C(O)/C=C/CCCCCCCCCCCC)OC(CO)C(O)C1O. The number of hydrogen-bond donors (Lipinski definition) is 6. The Hall–Kier alpha value is -2.90. The van der Waals surface area contributed by atoms with Crippen LogP contribution in [-0.4, -0.2) is 99.6 Å². The second-order valence-corrected chi connectivity index (χ2v) is 23.7. The summed E-state index contributed by atoms with van der Waals surface area (Å²) in [6.45, 7) is 5.65. The van der Waals surface area contributed by atoms with Gasteiger partial charge in [-0.25, -0.2) is 0 Å². The number of esters is 1. The molecule has 82 heavy (non-hydrogen) atoms. The van der Waals surface area contributed by atoms with Gasteiger partial charge in [-0.15, -0.1) is 0 Å². The highest BCUT2D eigenvalue weighted by Crippen LogP contribution is 2.26. The Morgan fingerprint density at radius 2 is 0.878 bits per heavy atom. The maximum Gasteiger partial charge on any atom is 0.306 e. The van der Waals surface area contributed by atoms with Crippen LogP contribution in [0.1, 0.15) is 303 Å². The number of carbonyl (C=O) groups is 2. The van der Waals surface area contributed by atoms with E-state index in [0.29, 0.717) is 12.8 Å². The Bertz CT molecular complexity index is 1610. The lowest BCUT2D eigenvalue weighted by Gasteiger charge is -2.41. The monoisotopic (exact) mass is 1150 g/mol. The van der Waals surface area contributed by atoms with Gasteiger partial charge in [0.25, 0.3) is 0 Å². The van der Waals surface area contributed by atoms with Crippen molar-refractivity contribution >= 4 is 11.9 Å². The first-order valence-electron chi connectivity index (χ1n) is 34.3. The molecule has 0 saturated carbocycles. The van der Waals surface area contributed by atoms with Crippen molar-refractivity contribution in [1.29, 1.82) is 0 Å². The van der Waals surface area contributed by atoms with Crippen molar-refractivity contribution in [2.45, 2.75) is 352 Å². The maximum atomic E-state index is 13.5. The highest BCUT2D eigenvalue weighted by molar-refractivity contribution is 5.80. The lowest BCUT2D eigenvalue weighted by atomic mass is 9.99. The van der Waals surface area contributed by atoms with E-state index in [4.69, 9.17) is 14.2 Å². The Labute approximate surface area is 502 Å². The number of aliphatic hydroxyl groups excluding tert-OH is 5. The fraction of sp³-hybridized carbons (Fsp3) is 0.803. The number of carbonyl (C=O) groups excluding carboxylic acids is 2. The molecule has 11 nitrogen and oxygen atoms in total. The second kappa shape index (κ2) is 58.5. The molecule has 1 rings (SSSR count). The summed E-state index contributed by atoms with van der Waals surface area (Å²) < 4.78 is 17.6. The molecular formula is C71H127NO10. The third kappa shape index (κ3) is 45.5. The van der Waals surface area contributed by atoms with Crippen molar-refractivity contribution in [3.05, 3.63) is 72.9 Å². The van der Waals surface area contributed by atoms with Crippen molar-refractivity contribution in [1.82, 2.24) is 5.32 Å². The maximum absolute atomic E-state index is 13.5. The molecule has 1 heterocycles. The van der Waals surface area contributed by atoms with Gasteiger partial charge in [0.05, 0.1) is 25.4 Å². The second-order valence-electron chi connectivity index (χ2n) is 23.7. The van der Waals surface area contributed by atoms with E-state index in [1.807, 2.05) is 54.7 Å². The third-order valence-corrected chi connectivity index (χ3v) is 16.0. The van der Waals surface area contributed by atoms with E-state index in [1.165, 1.54) is 193 Å². The third-order valence-electron chi connectivity index (χ3n) is 16.0. The topological polar surface area (TPSA) is 175 Å². The Morgan fingerprint density at radius 3 is 1.32 bits per heavy atom. The summed E-state index contributed by atoms with van der Waals surface area (Å²) in [5.74, 6) is -1.23. The average Bonchev–Trinajstić information content (AvgIpc) is 3.44. The summed E-state index contributed by atoms with van der Waals surface area (Å²) in [5, 5.41) is 57.1. The van der Waals surface area contributed by atoms with E-state index >= 15 is 0 Å². The summed E-state index contributed by atoms with van der Waals surface area (Å²) in [6.07, 6.45) is 65.4. The minimum absolute atomic E-state index is 0.0730. The predicted molar refractivity (Wildman–Crippen MR) is 343 cm³/mol. The summed E-state index contributed by atoms with van der Waals surface area (Å²) in [6, 6.07) is -1.03. The van der Waals surface area contributed by atoms with Crippen LogP contribution in [0.2, 0.25) is 0 Å². The molecule has 0 aromatic carbocycles. The van der Waals surface area contributed by atoms with Crippen LogP contribution < -0.4 is 5.32 Å². The Kier molecular flexibility index (Phi) is 55.0. The molecule has 6 N–H and O–H groups in total. The highest BCUT2D eigenvalue weighted by atomic mass is 16.7. The molecule has 0 aliphatic carbocycles. The minimum Gasteiger partial charge on any atom is -0.454 e. The largest absolute Gasteiger partial charge is 0.454 e. The van der Waals surface area contributed by atoms with E-state index in [-0.39, 0.29) is 19.4 Å². The molecule has 8 unspecified atom stereocenters. The zero-order valence-electron chi connectivity index (χ0n) is 52.9. The van der Waals surface area contributed by atoms with Crippen LogP contribution in [-0.2, 0) is 23.8 Å². The van der Waals surface area contributed by atoms with Crippen molar-refractivity contribution in [2.24, 2.45) is 0 Å². The van der Waals surface area contributed by atoms with Gasteiger partial charge in [-0.2, -0.15) is 0 Å². The predicted octanol–water partition coefficient (Wildman–Crippen LogP) is 17.1. The van der Waals surface area contributed by atoms with Crippen molar-refractivity contribution in [3.63, 3.8) is 0 Å². The molecule has 0 radical (unpaired) electrons. The Morgan fingerprint density at radius 1 is 0.488 bits per heavy atom. The molecule has 8 atom stereocenters. The first kappa shape index (κ1) is 77.1. The normalized spacial score (nSPS) is 19.0. The smallest absolute Gasteiger partial charge is 0.306 e. The molecule has 1 amide bonds. The van der Waals surface area contributed by atoms with Crippen LogP contribution in [0.15, 0.2) is 72.9 Å². The van der Waals surface area contributed by atoms with Gasteiger partial charge in [-0.3, -0.25) is 9.59 Å². The molecule has 476 valence electrons. The van der Waals surface area contributed by atoms with E-state index in [9.17, 15) is 35.1 Å². The lowest BCUT2D eigenvalue weighted by Crippen LogP contribution is -2.61. The van der Waals surface area contributed by atoms with Crippen LogP contribution in [0, 0.1) is 0 Å². The van der Waals surface area contributed by atoms with Crippen LogP contribution in [0.25, 0.3) is 0 Å². The van der Waals surface area contributed by atoms with E-state index < -0.39 is 67.4 Å². The van der Waals surface area contributed by atoms with Gasteiger partial charge in [0.2, 0.25) is 5.91 Å². The molecule has 0 aromatic rings. The number of amides is 1. The van der Waals surface area contributed by atoms with Crippen molar-refractivity contribution in [2.75, 3.05) is 13.2 Å². The molecule has 1 saturated heterocycles. The van der Waals surface area contributed by atoms with Gasteiger partial charge < -0.3 is 45.1 Å². The van der Waals surface area contributed by atoms with Gasteiger partial charge in [0, 0.05) is 6.42 Å². The van der Waals surface area contributed by atoms with Crippen LogP contribution in [0.5, 0.6) is 0 Å². The van der Waals surface area contributed by atoms with Crippen LogP contribution in [0.3, 0.4) is 0 Å². The van der Waals surface area contributed by atoms with E-state index in [0.717, 1.165) is 64.2 Å². The molecule has 11 heteroatoms. The lowest BCUT2D eigenvalue weighted by molar-refractivity contribution is -0.305. The number of ether oxygens (including phenoxy) is 3. The standard InChI is InChI=1S/C71H127NO10/c1-4-7-10-13-16-19-22-25-27-28-29-30-31-32-33-34-35-36-37-39-40-43-46-49-52-55-58-64(75)70(79)72-62(63(74)57-54-51-48-45-42-24-21-18-15-12-9-6-3)61-80-71-69(68(78)67(77)65(60-73)81-71)82-66(76)59-56-53-50-47-44-41-38-26-23-20-17-14-11-8-5-2/h8,11,14,17,20,23,26,38,41,44,54,57,62-65,67-69,71,73-75,77-78H,4-7,9-10,12-13,15-16,18-19,21-22,24-25,27-37,39-40,42-43,45-53,55-56,58-61H2,1-3H3,(H,72,79)/b11-8+,17-14+,23-20-,38-26-,44-41+,57-54+. The molecule has 1 aliphatic rings. The summed E-state index contributed by atoms with van der Waals surface area (Å²) in [4.78, 5) is 26.6.